The van der Waals surface area contributed by atoms with Crippen molar-refractivity contribution >= 4 is 43.1 Å². The van der Waals surface area contributed by atoms with E-state index in [1.54, 1.807) is 0 Å². The van der Waals surface area contributed by atoms with Crippen molar-refractivity contribution in [2.75, 3.05) is 0 Å². The monoisotopic (exact) mass is 306 g/mol. The molecule has 0 saturated heterocycles. The van der Waals surface area contributed by atoms with Gasteiger partial charge in [-0.05, 0) is 92.3 Å². The van der Waals surface area contributed by atoms with Gasteiger partial charge in [0.1, 0.15) is 0 Å². The molecule has 5 aromatic rings. The third-order valence-corrected chi connectivity index (χ3v) is 5.27. The molecule has 0 aliphatic carbocycles. The van der Waals surface area contributed by atoms with E-state index in [1.807, 2.05) is 0 Å². The molecule has 0 fully saturated rings. The fraction of sp³-hybridized carbons (Fsp3) is 0.0833. The van der Waals surface area contributed by atoms with Gasteiger partial charge in [-0.2, -0.15) is 0 Å². The third-order valence-electron chi connectivity index (χ3n) is 5.27. The standard InChI is InChI=1S/C24H18/c1-15-9-21-12-20-8-7-19-11-17-5-3-4-6-18(17)13-23(19)24(20)14-22(21)10-16(15)2/h3-14H,1-2H3. The number of fused-ring (bicyclic) bond motifs is 5. The second-order valence-corrected chi connectivity index (χ2v) is 6.84. The van der Waals surface area contributed by atoms with Gasteiger partial charge in [-0.3, -0.25) is 0 Å². The summed E-state index contributed by atoms with van der Waals surface area (Å²) in [5, 5.41) is 10.6. The quantitative estimate of drug-likeness (QED) is 0.215. The van der Waals surface area contributed by atoms with E-state index < -0.39 is 0 Å². The largest absolute Gasteiger partial charge is 0.0616 e. The van der Waals surface area contributed by atoms with Gasteiger partial charge in [0, 0.05) is 0 Å². The molecule has 5 aromatic carbocycles. The second kappa shape index (κ2) is 4.82. The predicted molar refractivity (Wildman–Crippen MR) is 106 cm³/mol. The molecule has 0 aliphatic rings. The maximum absolute atomic E-state index is 2.36. The highest BCUT2D eigenvalue weighted by atomic mass is 14.1. The normalized spacial score (nSPS) is 11.8. The van der Waals surface area contributed by atoms with Crippen LogP contribution in [0, 0.1) is 13.8 Å². The van der Waals surface area contributed by atoms with E-state index in [9.17, 15) is 0 Å². The highest BCUT2D eigenvalue weighted by molar-refractivity contribution is 6.15. The summed E-state index contributed by atoms with van der Waals surface area (Å²) in [6.45, 7) is 4.38. The maximum Gasteiger partial charge on any atom is -0.00988 e. The van der Waals surface area contributed by atoms with Crippen LogP contribution in [0.3, 0.4) is 0 Å². The summed E-state index contributed by atoms with van der Waals surface area (Å²) in [6.07, 6.45) is 0. The van der Waals surface area contributed by atoms with Crippen molar-refractivity contribution in [2.24, 2.45) is 0 Å². The SMILES string of the molecule is Cc1cc2cc3ccc4cc5ccccc5cc4c3cc2cc1C. The fourth-order valence-corrected chi connectivity index (χ4v) is 3.77. The van der Waals surface area contributed by atoms with Crippen molar-refractivity contribution in [2.45, 2.75) is 13.8 Å². The Morgan fingerprint density at radius 2 is 0.875 bits per heavy atom. The lowest BCUT2D eigenvalue weighted by atomic mass is 9.94. The molecule has 0 aliphatic heterocycles. The Balaban J connectivity index is 1.96. The first kappa shape index (κ1) is 13.6. The number of aryl methyl sites for hydroxylation is 2. The predicted octanol–water partition coefficient (Wildman–Crippen LogP) is 6.92. The van der Waals surface area contributed by atoms with Crippen LogP contribution in [0.2, 0.25) is 0 Å². The second-order valence-electron chi connectivity index (χ2n) is 6.84. The van der Waals surface area contributed by atoms with Crippen molar-refractivity contribution < 1.29 is 0 Å². The molecule has 0 atom stereocenters. The van der Waals surface area contributed by atoms with Gasteiger partial charge in [-0.1, -0.05) is 48.5 Å². The Labute approximate surface area is 141 Å². The zero-order valence-corrected chi connectivity index (χ0v) is 13.9. The molecule has 0 amide bonds. The lowest BCUT2D eigenvalue weighted by Crippen LogP contribution is -1.84. The van der Waals surface area contributed by atoms with Gasteiger partial charge >= 0.3 is 0 Å². The average molecular weight is 306 g/mol. The van der Waals surface area contributed by atoms with Gasteiger partial charge in [-0.15, -0.1) is 0 Å². The highest BCUT2D eigenvalue weighted by Crippen LogP contribution is 2.33. The fourth-order valence-electron chi connectivity index (χ4n) is 3.77. The molecular formula is C24H18. The van der Waals surface area contributed by atoms with Crippen LogP contribution in [0.15, 0.2) is 72.8 Å². The number of hydrogen-bond donors (Lipinski definition) is 0. The van der Waals surface area contributed by atoms with E-state index in [0.29, 0.717) is 0 Å². The Kier molecular flexibility index (Phi) is 2.72. The van der Waals surface area contributed by atoms with Crippen LogP contribution in [-0.2, 0) is 0 Å². The van der Waals surface area contributed by atoms with E-state index in [-0.39, 0.29) is 0 Å². The van der Waals surface area contributed by atoms with Crippen LogP contribution >= 0.6 is 0 Å². The Bertz CT molecular complexity index is 1260. The minimum Gasteiger partial charge on any atom is -0.0616 e. The topological polar surface area (TPSA) is 0 Å². The van der Waals surface area contributed by atoms with Gasteiger partial charge in [0.15, 0.2) is 0 Å². The van der Waals surface area contributed by atoms with Gasteiger partial charge in [0.2, 0.25) is 0 Å². The Hall–Kier alpha value is -2.86. The molecule has 0 heterocycles. The van der Waals surface area contributed by atoms with Crippen molar-refractivity contribution in [3.05, 3.63) is 83.9 Å². The van der Waals surface area contributed by atoms with Crippen molar-refractivity contribution in [3.63, 3.8) is 0 Å². The van der Waals surface area contributed by atoms with Gasteiger partial charge in [0.25, 0.3) is 0 Å². The minimum absolute atomic E-state index is 1.30. The smallest absolute Gasteiger partial charge is 0.00988 e. The zero-order chi connectivity index (χ0) is 16.3. The number of rotatable bonds is 0. The molecule has 114 valence electrons. The maximum atomic E-state index is 2.36. The summed E-state index contributed by atoms with van der Waals surface area (Å²) in [7, 11) is 0. The number of hydrogen-bond acceptors (Lipinski definition) is 0. The van der Waals surface area contributed by atoms with Crippen LogP contribution in [0.25, 0.3) is 43.1 Å². The molecule has 0 saturated carbocycles. The first-order chi connectivity index (χ1) is 11.7. The van der Waals surface area contributed by atoms with Crippen molar-refractivity contribution in [1.82, 2.24) is 0 Å². The summed E-state index contributed by atoms with van der Waals surface area (Å²) in [6, 6.07) is 27.0. The van der Waals surface area contributed by atoms with Gasteiger partial charge in [0.05, 0.1) is 0 Å². The minimum atomic E-state index is 1.30. The van der Waals surface area contributed by atoms with Crippen LogP contribution < -0.4 is 0 Å². The number of benzene rings is 5. The molecule has 0 nitrogen and oxygen atoms in total. The van der Waals surface area contributed by atoms with E-state index in [1.165, 1.54) is 54.2 Å². The van der Waals surface area contributed by atoms with Crippen molar-refractivity contribution in [3.8, 4) is 0 Å². The van der Waals surface area contributed by atoms with E-state index in [4.69, 9.17) is 0 Å². The van der Waals surface area contributed by atoms with E-state index in [0.717, 1.165) is 0 Å². The molecule has 24 heavy (non-hydrogen) atoms. The van der Waals surface area contributed by atoms with E-state index in [2.05, 4.69) is 86.6 Å². The van der Waals surface area contributed by atoms with Crippen molar-refractivity contribution in [1.29, 1.82) is 0 Å². The molecular weight excluding hydrogens is 288 g/mol. The summed E-state index contributed by atoms with van der Waals surface area (Å²) in [5.41, 5.74) is 2.71. The van der Waals surface area contributed by atoms with Gasteiger partial charge < -0.3 is 0 Å². The molecule has 0 spiro atoms. The van der Waals surface area contributed by atoms with Crippen LogP contribution in [0.4, 0.5) is 0 Å². The molecule has 0 radical (unpaired) electrons. The first-order valence-corrected chi connectivity index (χ1v) is 8.45. The molecule has 0 aromatic heterocycles. The third kappa shape index (κ3) is 1.93. The van der Waals surface area contributed by atoms with Crippen LogP contribution in [0.5, 0.6) is 0 Å². The first-order valence-electron chi connectivity index (χ1n) is 8.45. The average Bonchev–Trinajstić information content (AvgIpc) is 2.59. The highest BCUT2D eigenvalue weighted by Gasteiger charge is 2.06. The Morgan fingerprint density at radius 3 is 1.50 bits per heavy atom. The summed E-state index contributed by atoms with van der Waals surface area (Å²) >= 11 is 0. The Morgan fingerprint density at radius 1 is 0.417 bits per heavy atom. The lowest BCUT2D eigenvalue weighted by Gasteiger charge is -2.10. The van der Waals surface area contributed by atoms with Gasteiger partial charge in [-0.25, -0.2) is 0 Å². The molecule has 0 bridgehead atoms. The molecule has 5 rings (SSSR count). The summed E-state index contributed by atoms with van der Waals surface area (Å²) in [4.78, 5) is 0. The van der Waals surface area contributed by atoms with E-state index >= 15 is 0 Å². The lowest BCUT2D eigenvalue weighted by molar-refractivity contribution is 1.37. The molecule has 0 heteroatoms. The summed E-state index contributed by atoms with van der Waals surface area (Å²) in [5.74, 6) is 0. The van der Waals surface area contributed by atoms with Crippen LogP contribution in [-0.4, -0.2) is 0 Å². The molecule has 0 N–H and O–H groups in total. The molecule has 0 unspecified atom stereocenters. The summed E-state index contributed by atoms with van der Waals surface area (Å²) < 4.78 is 0. The zero-order valence-electron chi connectivity index (χ0n) is 13.9. The van der Waals surface area contributed by atoms with Crippen LogP contribution in [0.1, 0.15) is 11.1 Å².